The van der Waals surface area contributed by atoms with Crippen molar-refractivity contribution in [2.75, 3.05) is 12.3 Å². The van der Waals surface area contributed by atoms with Crippen molar-refractivity contribution < 1.29 is 9.13 Å². The van der Waals surface area contributed by atoms with E-state index < -0.39 is 6.10 Å². The number of benzene rings is 1. The highest BCUT2D eigenvalue weighted by molar-refractivity contribution is 7.12. The summed E-state index contributed by atoms with van der Waals surface area (Å²) in [7, 11) is 0. The molecular weight excluding hydrogens is 449 g/mol. The van der Waals surface area contributed by atoms with Crippen LogP contribution in [-0.2, 0) is 6.42 Å². The van der Waals surface area contributed by atoms with Crippen molar-refractivity contribution >= 4 is 22.9 Å². The van der Waals surface area contributed by atoms with Crippen molar-refractivity contribution in [2.24, 2.45) is 16.6 Å². The second-order valence-electron chi connectivity index (χ2n) is 9.07. The summed E-state index contributed by atoms with van der Waals surface area (Å²) in [5.74, 6) is 0.993. The smallest absolute Gasteiger partial charge is 0.166 e. The number of aliphatic imine (C=N–C) groups is 1. The van der Waals surface area contributed by atoms with Gasteiger partial charge in [0.1, 0.15) is 11.9 Å². The van der Waals surface area contributed by atoms with Gasteiger partial charge in [0.05, 0.1) is 16.4 Å². The van der Waals surface area contributed by atoms with E-state index in [0.29, 0.717) is 29.3 Å². The third-order valence-electron chi connectivity index (χ3n) is 6.27. The molecule has 5 rings (SSSR count). The molecule has 2 aliphatic rings. The highest BCUT2D eigenvalue weighted by Crippen LogP contribution is 2.39. The van der Waals surface area contributed by atoms with Crippen LogP contribution in [0.2, 0.25) is 0 Å². The van der Waals surface area contributed by atoms with Gasteiger partial charge in [-0.15, -0.1) is 11.3 Å². The number of anilines is 1. The molecule has 3 heterocycles. The largest absolute Gasteiger partial charge is 0.482 e. The summed E-state index contributed by atoms with van der Waals surface area (Å²) in [5, 5.41) is 0.931. The van der Waals surface area contributed by atoms with Crippen LogP contribution in [0.1, 0.15) is 53.8 Å². The minimum Gasteiger partial charge on any atom is -0.482 e. The van der Waals surface area contributed by atoms with Crippen molar-refractivity contribution in [1.29, 1.82) is 0 Å². The Balaban J connectivity index is 1.76. The first-order valence-electron chi connectivity index (χ1n) is 11.5. The lowest BCUT2D eigenvalue weighted by atomic mass is 9.94. The van der Waals surface area contributed by atoms with Crippen LogP contribution < -0.4 is 16.2 Å². The van der Waals surface area contributed by atoms with Gasteiger partial charge in [-0.1, -0.05) is 0 Å². The number of hydrogen-bond acceptors (Lipinski definition) is 7. The van der Waals surface area contributed by atoms with Gasteiger partial charge < -0.3 is 16.2 Å². The quantitative estimate of drug-likeness (QED) is 0.517. The van der Waals surface area contributed by atoms with Crippen molar-refractivity contribution in [2.45, 2.75) is 46.1 Å². The molecule has 2 aromatic heterocycles. The van der Waals surface area contributed by atoms with Crippen LogP contribution in [0.3, 0.4) is 0 Å². The van der Waals surface area contributed by atoms with Gasteiger partial charge in [0.25, 0.3) is 0 Å². The van der Waals surface area contributed by atoms with E-state index in [9.17, 15) is 4.39 Å². The summed E-state index contributed by atoms with van der Waals surface area (Å²) < 4.78 is 20.6. The van der Waals surface area contributed by atoms with Crippen LogP contribution in [-0.4, -0.2) is 22.2 Å². The first kappa shape index (κ1) is 22.5. The molecule has 1 atom stereocenters. The molecule has 0 unspecified atom stereocenters. The maximum absolute atomic E-state index is 14.3. The Kier molecular flexibility index (Phi) is 5.85. The van der Waals surface area contributed by atoms with E-state index >= 15 is 0 Å². The number of fused-ring (bicyclic) bond motifs is 5. The Bertz CT molecular complexity index is 1320. The fraction of sp³-hybridized carbons (Fsp3) is 0.346. The number of aromatic nitrogens is 2. The standard InChI is InChI=1S/C26H28FN5OS/c1-13(28)20-10-23-25(32-15(3)34-23)19-7-6-18(27)9-21(19)14(2)33-22-8-17(12-31-26(22)29)24(20)30-11-16-4-5-16/h6-9,12,14,16H,4-5,10-11,28H2,1-3H3,(H2,29,31)/t14-/m1/s1. The normalized spacial score (nSPS) is 20.6. The highest BCUT2D eigenvalue weighted by atomic mass is 32.1. The van der Waals surface area contributed by atoms with E-state index in [0.717, 1.165) is 44.5 Å². The summed E-state index contributed by atoms with van der Waals surface area (Å²) in [4.78, 5) is 15.3. The molecule has 4 N–H and O–H groups in total. The minimum absolute atomic E-state index is 0.271. The number of nitrogens with two attached hydrogens (primary N) is 2. The zero-order valence-corrected chi connectivity index (χ0v) is 20.4. The van der Waals surface area contributed by atoms with E-state index in [4.69, 9.17) is 26.2 Å². The molecule has 0 spiro atoms. The number of pyridine rings is 1. The van der Waals surface area contributed by atoms with Gasteiger partial charge in [0.15, 0.2) is 11.6 Å². The molecule has 34 heavy (non-hydrogen) atoms. The predicted molar refractivity (Wildman–Crippen MR) is 135 cm³/mol. The van der Waals surface area contributed by atoms with Crippen molar-refractivity contribution in [3.63, 3.8) is 0 Å². The maximum Gasteiger partial charge on any atom is 0.166 e. The molecule has 2 bridgehead atoms. The molecule has 0 amide bonds. The fourth-order valence-electron chi connectivity index (χ4n) is 4.27. The lowest BCUT2D eigenvalue weighted by Gasteiger charge is -2.22. The van der Waals surface area contributed by atoms with Crippen LogP contribution in [0.25, 0.3) is 11.3 Å². The lowest BCUT2D eigenvalue weighted by molar-refractivity contribution is 0.227. The maximum atomic E-state index is 14.3. The molecular formula is C26H28FN5OS. The van der Waals surface area contributed by atoms with Crippen LogP contribution >= 0.6 is 11.3 Å². The Morgan fingerprint density at radius 1 is 1.29 bits per heavy atom. The number of rotatable bonds is 2. The Morgan fingerprint density at radius 2 is 2.09 bits per heavy atom. The monoisotopic (exact) mass is 477 g/mol. The van der Waals surface area contributed by atoms with Gasteiger partial charge in [-0.3, -0.25) is 4.99 Å². The van der Waals surface area contributed by atoms with Gasteiger partial charge in [-0.2, -0.15) is 0 Å². The van der Waals surface area contributed by atoms with Crippen molar-refractivity contribution in [3.05, 3.63) is 68.6 Å². The number of ether oxygens (including phenoxy) is 1. The fourth-order valence-corrected chi connectivity index (χ4v) is 5.23. The number of nitrogens with zero attached hydrogens (tertiary/aromatic N) is 3. The third kappa shape index (κ3) is 4.42. The number of allylic oxidation sites excluding steroid dienone is 2. The minimum atomic E-state index is -0.475. The predicted octanol–water partition coefficient (Wildman–Crippen LogP) is 5.36. The second kappa shape index (κ2) is 8.83. The van der Waals surface area contributed by atoms with Gasteiger partial charge >= 0.3 is 0 Å². The summed E-state index contributed by atoms with van der Waals surface area (Å²) >= 11 is 1.62. The Labute approximate surface area is 202 Å². The lowest BCUT2D eigenvalue weighted by Crippen LogP contribution is -2.17. The van der Waals surface area contributed by atoms with Gasteiger partial charge in [0.2, 0.25) is 0 Å². The average Bonchev–Trinajstić information content (AvgIpc) is 3.55. The summed E-state index contributed by atoms with van der Waals surface area (Å²) in [6.45, 7) is 6.51. The first-order chi connectivity index (χ1) is 16.3. The molecule has 1 aliphatic heterocycles. The molecule has 0 saturated heterocycles. The Hall–Kier alpha value is -3.26. The van der Waals surface area contributed by atoms with E-state index in [-0.39, 0.29) is 11.6 Å². The first-order valence-corrected chi connectivity index (χ1v) is 12.3. The van der Waals surface area contributed by atoms with Gasteiger partial charge in [0, 0.05) is 52.0 Å². The number of hydrogen-bond donors (Lipinski definition) is 2. The second-order valence-corrected chi connectivity index (χ2v) is 10.4. The molecule has 8 heteroatoms. The number of aryl methyl sites for hydroxylation is 1. The van der Waals surface area contributed by atoms with Crippen LogP contribution in [0, 0.1) is 18.7 Å². The van der Waals surface area contributed by atoms with Crippen molar-refractivity contribution in [3.8, 4) is 17.0 Å². The summed E-state index contributed by atoms with van der Waals surface area (Å²) in [6, 6.07) is 6.60. The van der Waals surface area contributed by atoms with Crippen molar-refractivity contribution in [1.82, 2.24) is 9.97 Å². The SMILES string of the molecule is CC(N)=C1Cc2sc(C)nc2-c2ccc(F)cc2[C@@H](C)Oc2cc(cnc2N)C1=NCC1CC1. The van der Waals surface area contributed by atoms with E-state index in [1.807, 2.05) is 26.8 Å². The number of halogens is 1. The molecule has 176 valence electrons. The number of nitrogen functional groups attached to an aromatic ring is 1. The molecule has 1 fully saturated rings. The number of thiazole rings is 1. The Morgan fingerprint density at radius 3 is 2.82 bits per heavy atom. The molecule has 6 nitrogen and oxygen atoms in total. The van der Waals surface area contributed by atoms with Gasteiger partial charge in [-0.05, 0) is 63.8 Å². The third-order valence-corrected chi connectivity index (χ3v) is 7.24. The topological polar surface area (TPSA) is 99.4 Å². The molecule has 3 aromatic rings. The zero-order valence-electron chi connectivity index (χ0n) is 19.6. The zero-order chi connectivity index (χ0) is 24.0. The van der Waals surface area contributed by atoms with E-state index in [1.54, 1.807) is 23.6 Å². The van der Waals surface area contributed by atoms with E-state index in [2.05, 4.69) is 4.98 Å². The van der Waals surface area contributed by atoms with Crippen LogP contribution in [0.15, 0.2) is 46.7 Å². The summed E-state index contributed by atoms with van der Waals surface area (Å²) in [5.41, 5.74) is 18.2. The van der Waals surface area contributed by atoms with E-state index in [1.165, 1.54) is 25.0 Å². The molecule has 1 saturated carbocycles. The van der Waals surface area contributed by atoms with Crippen LogP contribution in [0.4, 0.5) is 10.2 Å². The molecule has 1 aromatic carbocycles. The average molecular weight is 478 g/mol. The van der Waals surface area contributed by atoms with Crippen LogP contribution in [0.5, 0.6) is 5.75 Å². The van der Waals surface area contributed by atoms with Gasteiger partial charge in [-0.25, -0.2) is 14.4 Å². The highest BCUT2D eigenvalue weighted by Gasteiger charge is 2.26. The summed E-state index contributed by atoms with van der Waals surface area (Å²) in [6.07, 6.45) is 4.22. The molecule has 1 aliphatic carbocycles. The molecule has 0 radical (unpaired) electrons.